The molecule has 82 valence electrons. The molecule has 0 aliphatic carbocycles. The van der Waals surface area contributed by atoms with Crippen molar-refractivity contribution >= 4 is 5.91 Å². The highest BCUT2D eigenvalue weighted by Gasteiger charge is 2.03. The Balaban J connectivity index is 2.32. The van der Waals surface area contributed by atoms with Gasteiger partial charge in [0.15, 0.2) is 0 Å². The number of phenolic OH excluding ortho intramolecular Hbond substituents is 1. The molecule has 1 aromatic rings. The highest BCUT2D eigenvalue weighted by molar-refractivity contribution is 5.75. The molecule has 15 heavy (non-hydrogen) atoms. The predicted octanol–water partition coefficient (Wildman–Crippen LogP) is 1.25. The molecule has 1 aromatic carbocycles. The van der Waals surface area contributed by atoms with Gasteiger partial charge in [0.1, 0.15) is 11.5 Å². The number of hydrogen-bond donors (Lipinski definition) is 1. The summed E-state index contributed by atoms with van der Waals surface area (Å²) in [6.07, 6.45) is 0.355. The molecule has 0 aliphatic heterocycles. The fourth-order valence-corrected chi connectivity index (χ4v) is 1.02. The second-order valence-electron chi connectivity index (χ2n) is 3.38. The largest absolute Gasteiger partial charge is 0.508 e. The van der Waals surface area contributed by atoms with E-state index < -0.39 is 0 Å². The normalized spacial score (nSPS) is 9.73. The lowest BCUT2D eigenvalue weighted by Crippen LogP contribution is -2.23. The number of ether oxygens (including phenoxy) is 1. The van der Waals surface area contributed by atoms with Crippen LogP contribution in [0.3, 0.4) is 0 Å². The molecular formula is C11H15NO3. The fraction of sp³-hybridized carbons (Fsp3) is 0.364. The van der Waals surface area contributed by atoms with Crippen molar-refractivity contribution in [2.75, 3.05) is 20.7 Å². The summed E-state index contributed by atoms with van der Waals surface area (Å²) in [5.41, 5.74) is 0. The average Bonchev–Trinajstić information content (AvgIpc) is 2.20. The summed E-state index contributed by atoms with van der Waals surface area (Å²) < 4.78 is 5.32. The summed E-state index contributed by atoms with van der Waals surface area (Å²) >= 11 is 0. The Bertz CT molecular complexity index is 319. The summed E-state index contributed by atoms with van der Waals surface area (Å²) in [7, 11) is 3.42. The third-order valence-corrected chi connectivity index (χ3v) is 1.92. The number of carbonyl (C=O) groups excluding carboxylic acids is 1. The molecule has 0 heterocycles. The van der Waals surface area contributed by atoms with E-state index in [0.717, 1.165) is 0 Å². The topological polar surface area (TPSA) is 49.8 Å². The van der Waals surface area contributed by atoms with Crippen LogP contribution >= 0.6 is 0 Å². The van der Waals surface area contributed by atoms with Crippen molar-refractivity contribution in [2.24, 2.45) is 0 Å². The van der Waals surface area contributed by atoms with Gasteiger partial charge >= 0.3 is 0 Å². The molecule has 0 atom stereocenters. The summed E-state index contributed by atoms with van der Waals surface area (Å²) in [5, 5.41) is 9.03. The molecule has 0 radical (unpaired) electrons. The third kappa shape index (κ3) is 3.89. The predicted molar refractivity (Wildman–Crippen MR) is 56.9 cm³/mol. The Morgan fingerprint density at radius 1 is 1.33 bits per heavy atom. The highest BCUT2D eigenvalue weighted by Crippen LogP contribution is 2.15. The molecule has 4 heteroatoms. The van der Waals surface area contributed by atoms with Gasteiger partial charge in [0.2, 0.25) is 5.91 Å². The number of aromatic hydroxyl groups is 1. The lowest BCUT2D eigenvalue weighted by molar-refractivity contribution is -0.129. The van der Waals surface area contributed by atoms with E-state index in [1.165, 1.54) is 4.90 Å². The van der Waals surface area contributed by atoms with E-state index in [-0.39, 0.29) is 11.7 Å². The first-order chi connectivity index (χ1) is 7.09. The van der Waals surface area contributed by atoms with E-state index in [1.807, 2.05) is 0 Å². The molecule has 0 aliphatic rings. The number of phenols is 1. The minimum atomic E-state index is 0.0359. The van der Waals surface area contributed by atoms with Crippen LogP contribution in [0.1, 0.15) is 6.42 Å². The van der Waals surface area contributed by atoms with Gasteiger partial charge < -0.3 is 14.7 Å². The van der Waals surface area contributed by atoms with Gasteiger partial charge in [-0.15, -0.1) is 0 Å². The summed E-state index contributed by atoms with van der Waals surface area (Å²) in [5.74, 6) is 0.889. The van der Waals surface area contributed by atoms with Gasteiger partial charge in [0.05, 0.1) is 13.0 Å². The number of nitrogens with zero attached hydrogens (tertiary/aromatic N) is 1. The zero-order chi connectivity index (χ0) is 11.3. The van der Waals surface area contributed by atoms with Crippen LogP contribution in [0.2, 0.25) is 0 Å². The Morgan fingerprint density at radius 2 is 1.93 bits per heavy atom. The quantitative estimate of drug-likeness (QED) is 0.811. The van der Waals surface area contributed by atoms with Gasteiger partial charge in [-0.1, -0.05) is 0 Å². The van der Waals surface area contributed by atoms with Crippen molar-refractivity contribution < 1.29 is 14.6 Å². The van der Waals surface area contributed by atoms with Crippen LogP contribution in [-0.2, 0) is 4.79 Å². The summed E-state index contributed by atoms with van der Waals surface area (Å²) in [6.45, 7) is 0.349. The first-order valence-corrected chi connectivity index (χ1v) is 4.71. The van der Waals surface area contributed by atoms with Gasteiger partial charge in [-0.25, -0.2) is 0 Å². The van der Waals surface area contributed by atoms with Gasteiger partial charge in [0.25, 0.3) is 0 Å². The van der Waals surface area contributed by atoms with E-state index in [9.17, 15) is 4.79 Å². The van der Waals surface area contributed by atoms with Crippen LogP contribution in [-0.4, -0.2) is 36.6 Å². The lowest BCUT2D eigenvalue weighted by atomic mass is 10.3. The smallest absolute Gasteiger partial charge is 0.225 e. The average molecular weight is 209 g/mol. The first-order valence-electron chi connectivity index (χ1n) is 4.71. The van der Waals surface area contributed by atoms with Crippen molar-refractivity contribution in [3.63, 3.8) is 0 Å². The van der Waals surface area contributed by atoms with Gasteiger partial charge in [0, 0.05) is 14.1 Å². The first kappa shape index (κ1) is 11.4. The maximum absolute atomic E-state index is 11.2. The molecule has 0 saturated heterocycles. The Labute approximate surface area is 89.1 Å². The number of hydrogen-bond acceptors (Lipinski definition) is 3. The number of benzene rings is 1. The Morgan fingerprint density at radius 3 is 2.47 bits per heavy atom. The molecule has 0 fully saturated rings. The molecule has 1 amide bonds. The second-order valence-corrected chi connectivity index (χ2v) is 3.38. The number of carbonyl (C=O) groups is 1. The van der Waals surface area contributed by atoms with Gasteiger partial charge in [-0.2, -0.15) is 0 Å². The summed E-state index contributed by atoms with van der Waals surface area (Å²) in [4.78, 5) is 12.7. The number of rotatable bonds is 4. The highest BCUT2D eigenvalue weighted by atomic mass is 16.5. The van der Waals surface area contributed by atoms with E-state index in [0.29, 0.717) is 18.8 Å². The van der Waals surface area contributed by atoms with Crippen LogP contribution in [0.25, 0.3) is 0 Å². The van der Waals surface area contributed by atoms with E-state index in [4.69, 9.17) is 9.84 Å². The fourth-order valence-electron chi connectivity index (χ4n) is 1.02. The molecule has 0 bridgehead atoms. The van der Waals surface area contributed by atoms with Gasteiger partial charge in [-0.05, 0) is 24.3 Å². The zero-order valence-corrected chi connectivity index (χ0v) is 8.93. The molecule has 0 unspecified atom stereocenters. The monoisotopic (exact) mass is 209 g/mol. The summed E-state index contributed by atoms with van der Waals surface area (Å²) in [6, 6.07) is 6.41. The molecule has 1 rings (SSSR count). The minimum Gasteiger partial charge on any atom is -0.508 e. The molecule has 0 spiro atoms. The van der Waals surface area contributed by atoms with Crippen LogP contribution in [0.5, 0.6) is 11.5 Å². The third-order valence-electron chi connectivity index (χ3n) is 1.92. The van der Waals surface area contributed by atoms with Crippen LogP contribution in [0, 0.1) is 0 Å². The van der Waals surface area contributed by atoms with Crippen molar-refractivity contribution in [2.45, 2.75) is 6.42 Å². The van der Waals surface area contributed by atoms with Crippen molar-refractivity contribution in [3.8, 4) is 11.5 Å². The molecular weight excluding hydrogens is 194 g/mol. The van der Waals surface area contributed by atoms with Crippen molar-refractivity contribution in [1.82, 2.24) is 4.90 Å². The standard InChI is InChI=1S/C11H15NO3/c1-12(2)11(14)7-8-15-10-5-3-9(13)4-6-10/h3-6,13H,7-8H2,1-2H3. The molecule has 4 nitrogen and oxygen atoms in total. The maximum Gasteiger partial charge on any atom is 0.225 e. The minimum absolute atomic E-state index is 0.0359. The van der Waals surface area contributed by atoms with Gasteiger partial charge in [-0.3, -0.25) is 4.79 Å². The number of amides is 1. The second kappa shape index (κ2) is 5.24. The van der Waals surface area contributed by atoms with E-state index in [1.54, 1.807) is 38.4 Å². The molecule has 0 aromatic heterocycles. The van der Waals surface area contributed by atoms with Crippen LogP contribution in [0.4, 0.5) is 0 Å². The van der Waals surface area contributed by atoms with Crippen LogP contribution in [0.15, 0.2) is 24.3 Å². The van der Waals surface area contributed by atoms with Crippen molar-refractivity contribution in [1.29, 1.82) is 0 Å². The Kier molecular flexibility index (Phi) is 3.97. The SMILES string of the molecule is CN(C)C(=O)CCOc1ccc(O)cc1. The van der Waals surface area contributed by atoms with Crippen molar-refractivity contribution in [3.05, 3.63) is 24.3 Å². The maximum atomic E-state index is 11.2. The van der Waals surface area contributed by atoms with Crippen LogP contribution < -0.4 is 4.74 Å². The van der Waals surface area contributed by atoms with E-state index >= 15 is 0 Å². The van der Waals surface area contributed by atoms with E-state index in [2.05, 4.69) is 0 Å². The Hall–Kier alpha value is -1.71. The lowest BCUT2D eigenvalue weighted by Gasteiger charge is -2.10. The molecule has 0 saturated carbocycles. The molecule has 1 N–H and O–H groups in total. The zero-order valence-electron chi connectivity index (χ0n) is 8.93.